The van der Waals surface area contributed by atoms with Gasteiger partial charge in [-0.25, -0.2) is 0 Å². The molecular weight excluding hydrogens is 419 g/mol. The van der Waals surface area contributed by atoms with Crippen LogP contribution in [0, 0.1) is 11.8 Å². The van der Waals surface area contributed by atoms with Gasteiger partial charge in [-0.1, -0.05) is 61.6 Å². The van der Waals surface area contributed by atoms with Gasteiger partial charge in [-0.3, -0.25) is 0 Å². The minimum atomic E-state index is -4.29. The number of aryl methyl sites for hydroxylation is 1. The second kappa shape index (κ2) is 11.7. The zero-order valence-corrected chi connectivity index (χ0v) is 19.3. The second-order valence-electron chi connectivity index (χ2n) is 8.40. The van der Waals surface area contributed by atoms with Crippen molar-refractivity contribution >= 4 is 0 Å². The van der Waals surface area contributed by atoms with Crippen LogP contribution in [0.4, 0.5) is 13.2 Å². The molecule has 3 aromatic rings. The fraction of sp³-hybridized carbons (Fsp3) is 0.310. The average molecular weight is 451 g/mol. The normalized spacial score (nSPS) is 12.2. The first-order valence-corrected chi connectivity index (χ1v) is 11.6. The lowest BCUT2D eigenvalue weighted by Crippen LogP contribution is -3.09. The Morgan fingerprint density at radius 2 is 1.12 bits per heavy atom. The number of nitrogens with one attached hydrogen (secondary N) is 1. The van der Waals surface area contributed by atoms with Gasteiger partial charge in [0.2, 0.25) is 0 Å². The van der Waals surface area contributed by atoms with Gasteiger partial charge in [-0.15, -0.1) is 0 Å². The summed E-state index contributed by atoms with van der Waals surface area (Å²) in [6, 6.07) is 22.2. The third-order valence-corrected chi connectivity index (χ3v) is 5.77. The van der Waals surface area contributed by atoms with Crippen molar-refractivity contribution in [3.05, 3.63) is 106 Å². The predicted octanol–water partition coefficient (Wildman–Crippen LogP) is 6.05. The van der Waals surface area contributed by atoms with Crippen LogP contribution < -0.4 is 4.90 Å². The van der Waals surface area contributed by atoms with Crippen molar-refractivity contribution in [2.24, 2.45) is 0 Å². The monoisotopic (exact) mass is 450 g/mol. The van der Waals surface area contributed by atoms with E-state index in [1.165, 1.54) is 28.9 Å². The molecule has 0 amide bonds. The number of hydrogen-bond acceptors (Lipinski definition) is 0. The maximum Gasteiger partial charge on any atom is 0.416 e. The molecule has 172 valence electrons. The molecule has 0 aromatic heterocycles. The third-order valence-electron chi connectivity index (χ3n) is 5.77. The number of hydrogen-bond donors (Lipinski definition) is 1. The van der Waals surface area contributed by atoms with Gasteiger partial charge in [0.25, 0.3) is 0 Å². The van der Waals surface area contributed by atoms with Crippen LogP contribution >= 0.6 is 0 Å². The van der Waals surface area contributed by atoms with Crippen LogP contribution in [0.5, 0.6) is 0 Å². The summed E-state index contributed by atoms with van der Waals surface area (Å²) in [5.41, 5.74) is 4.82. The predicted molar refractivity (Wildman–Crippen MR) is 128 cm³/mol. The number of halogens is 3. The highest BCUT2D eigenvalue weighted by atomic mass is 19.4. The molecule has 0 radical (unpaired) electrons. The van der Waals surface area contributed by atoms with Crippen LogP contribution in [-0.2, 0) is 25.7 Å². The van der Waals surface area contributed by atoms with E-state index in [2.05, 4.69) is 62.1 Å². The minimum Gasteiger partial charge on any atom is -0.328 e. The topological polar surface area (TPSA) is 4.44 Å². The Bertz CT molecular complexity index is 1050. The summed E-state index contributed by atoms with van der Waals surface area (Å²) in [4.78, 5) is 1.29. The van der Waals surface area contributed by atoms with E-state index < -0.39 is 11.7 Å². The summed E-state index contributed by atoms with van der Waals surface area (Å²) in [5.74, 6) is 6.45. The highest BCUT2D eigenvalue weighted by molar-refractivity contribution is 5.44. The van der Waals surface area contributed by atoms with Crippen LogP contribution in [-0.4, -0.2) is 6.54 Å². The summed E-state index contributed by atoms with van der Waals surface area (Å²) < 4.78 is 38.3. The van der Waals surface area contributed by atoms with Gasteiger partial charge in [-0.05, 0) is 61.7 Å². The summed E-state index contributed by atoms with van der Waals surface area (Å²) >= 11 is 0. The van der Waals surface area contributed by atoms with Crippen LogP contribution in [0.1, 0.15) is 60.1 Å². The molecule has 0 saturated heterocycles. The molecule has 1 atom stereocenters. The largest absolute Gasteiger partial charge is 0.416 e. The Hall–Kier alpha value is -3.03. The lowest BCUT2D eigenvalue weighted by atomic mass is 10.1. The Kier molecular flexibility index (Phi) is 8.74. The smallest absolute Gasteiger partial charge is 0.328 e. The third kappa shape index (κ3) is 7.80. The number of alkyl halides is 3. The van der Waals surface area contributed by atoms with Crippen molar-refractivity contribution in [1.82, 2.24) is 0 Å². The maximum absolute atomic E-state index is 12.8. The summed E-state index contributed by atoms with van der Waals surface area (Å²) in [6.07, 6.45) is -0.775. The van der Waals surface area contributed by atoms with E-state index >= 15 is 0 Å². The highest BCUT2D eigenvalue weighted by Crippen LogP contribution is 2.28. The molecule has 0 saturated carbocycles. The quantitative estimate of drug-likeness (QED) is 0.398. The maximum atomic E-state index is 12.8. The van der Waals surface area contributed by atoms with Crippen LogP contribution in [0.2, 0.25) is 0 Å². The van der Waals surface area contributed by atoms with E-state index in [4.69, 9.17) is 0 Å². The van der Waals surface area contributed by atoms with Crippen molar-refractivity contribution in [2.45, 2.75) is 52.4 Å². The molecule has 0 aliphatic rings. The molecule has 3 aromatic carbocycles. The zero-order valence-electron chi connectivity index (χ0n) is 19.3. The number of unbranched alkanes of at least 4 members (excludes halogenated alkanes) is 1. The van der Waals surface area contributed by atoms with E-state index in [9.17, 15) is 13.2 Å². The SMILES string of the molecule is CCCCc1ccc(C#Cc2ccc(C[NH+](CC)Cc3ccc(C(F)(F)F)cc3)cc2)cc1. The Morgan fingerprint density at radius 1 is 0.667 bits per heavy atom. The molecule has 0 heterocycles. The first kappa shape index (κ1) is 24.6. The van der Waals surface area contributed by atoms with E-state index in [1.807, 2.05) is 12.1 Å². The first-order chi connectivity index (χ1) is 15.9. The van der Waals surface area contributed by atoms with E-state index in [0.717, 1.165) is 48.3 Å². The first-order valence-electron chi connectivity index (χ1n) is 11.6. The Labute approximate surface area is 195 Å². The van der Waals surface area contributed by atoms with Gasteiger partial charge in [0.05, 0.1) is 12.1 Å². The molecule has 1 nitrogen and oxygen atoms in total. The van der Waals surface area contributed by atoms with Gasteiger partial charge in [0.15, 0.2) is 0 Å². The molecule has 0 bridgehead atoms. The second-order valence-corrected chi connectivity index (χ2v) is 8.40. The summed E-state index contributed by atoms with van der Waals surface area (Å²) in [5, 5.41) is 0. The number of benzene rings is 3. The minimum absolute atomic E-state index is 0.603. The molecule has 0 spiro atoms. The van der Waals surface area contributed by atoms with Crippen LogP contribution in [0.25, 0.3) is 0 Å². The Balaban J connectivity index is 1.57. The van der Waals surface area contributed by atoms with Crippen LogP contribution in [0.15, 0.2) is 72.8 Å². The number of rotatable bonds is 8. The van der Waals surface area contributed by atoms with Gasteiger partial charge in [0, 0.05) is 22.3 Å². The van der Waals surface area contributed by atoms with Crippen molar-refractivity contribution < 1.29 is 18.1 Å². The molecule has 4 heteroatoms. The Morgan fingerprint density at radius 3 is 1.55 bits per heavy atom. The molecule has 1 unspecified atom stereocenters. The molecule has 0 fully saturated rings. The molecule has 0 aliphatic heterocycles. The lowest BCUT2D eigenvalue weighted by Gasteiger charge is -2.18. The van der Waals surface area contributed by atoms with Crippen molar-refractivity contribution in [3.63, 3.8) is 0 Å². The van der Waals surface area contributed by atoms with E-state index in [0.29, 0.717) is 6.54 Å². The van der Waals surface area contributed by atoms with E-state index in [-0.39, 0.29) is 0 Å². The van der Waals surface area contributed by atoms with Crippen molar-refractivity contribution in [3.8, 4) is 11.8 Å². The molecule has 0 aliphatic carbocycles. The fourth-order valence-corrected chi connectivity index (χ4v) is 3.69. The van der Waals surface area contributed by atoms with Gasteiger partial charge in [-0.2, -0.15) is 13.2 Å². The van der Waals surface area contributed by atoms with Gasteiger partial charge < -0.3 is 4.90 Å². The number of quaternary nitrogens is 1. The van der Waals surface area contributed by atoms with Crippen molar-refractivity contribution in [1.29, 1.82) is 0 Å². The van der Waals surface area contributed by atoms with E-state index in [1.54, 1.807) is 12.1 Å². The van der Waals surface area contributed by atoms with Gasteiger partial charge >= 0.3 is 6.18 Å². The zero-order chi connectivity index (χ0) is 23.7. The standard InChI is InChI=1S/C29H30F3N/c1-3-5-6-23-7-9-24(10-8-23)11-12-25-13-15-26(16-14-25)21-33(4-2)22-27-17-19-28(20-18-27)29(30,31)32/h7-10,13-20H,3-6,21-22H2,1-2H3/p+1. The molecular formula is C29H31F3N+. The fourth-order valence-electron chi connectivity index (χ4n) is 3.69. The molecule has 33 heavy (non-hydrogen) atoms. The molecule has 1 N–H and O–H groups in total. The molecule has 3 rings (SSSR count). The average Bonchev–Trinajstić information content (AvgIpc) is 2.82. The van der Waals surface area contributed by atoms with Crippen molar-refractivity contribution in [2.75, 3.05) is 6.54 Å². The van der Waals surface area contributed by atoms with Gasteiger partial charge in [0.1, 0.15) is 13.1 Å². The highest BCUT2D eigenvalue weighted by Gasteiger charge is 2.30. The lowest BCUT2D eigenvalue weighted by molar-refractivity contribution is -0.925. The summed E-state index contributed by atoms with van der Waals surface area (Å²) in [7, 11) is 0. The van der Waals surface area contributed by atoms with Crippen LogP contribution in [0.3, 0.4) is 0 Å². The summed E-state index contributed by atoms with van der Waals surface area (Å²) in [6.45, 7) is 6.67.